The average Bonchev–Trinajstić information content (AvgIpc) is 2.47. The summed E-state index contributed by atoms with van der Waals surface area (Å²) in [4.78, 5) is 21.9. The number of aromatic nitrogens is 1. The van der Waals surface area contributed by atoms with Crippen molar-refractivity contribution in [1.29, 1.82) is 0 Å². The van der Waals surface area contributed by atoms with Crippen molar-refractivity contribution in [2.75, 3.05) is 0 Å². The van der Waals surface area contributed by atoms with Crippen LogP contribution in [-0.4, -0.2) is 16.6 Å². The summed E-state index contributed by atoms with van der Waals surface area (Å²) >= 11 is 0. The molecular formula is C10H13NO2. The van der Waals surface area contributed by atoms with Gasteiger partial charge in [0.25, 0.3) is 0 Å². The number of rotatable bonds is 4. The summed E-state index contributed by atoms with van der Waals surface area (Å²) in [7, 11) is 1.76. The Morgan fingerprint density at radius 3 is 2.77 bits per heavy atom. The predicted octanol–water partition coefficient (Wildman–Crippen LogP) is 1.82. The Morgan fingerprint density at radius 1 is 1.62 bits per heavy atom. The van der Waals surface area contributed by atoms with Crippen LogP contribution in [0, 0.1) is 0 Å². The van der Waals surface area contributed by atoms with Crippen molar-refractivity contribution in [3.05, 3.63) is 23.5 Å². The molecule has 0 fully saturated rings. The van der Waals surface area contributed by atoms with Crippen molar-refractivity contribution in [3.63, 3.8) is 0 Å². The standard InChI is InChI=1S/C10H13NO2/c1-3-4-10(13)8-5-9(7-12)11(2)6-8/h5-7H,3-4H2,1-2H3. The molecule has 0 aliphatic heterocycles. The molecule has 0 aliphatic carbocycles. The second-order valence-electron chi connectivity index (χ2n) is 3.06. The van der Waals surface area contributed by atoms with Gasteiger partial charge in [-0.05, 0) is 12.5 Å². The van der Waals surface area contributed by atoms with E-state index < -0.39 is 0 Å². The molecule has 0 unspecified atom stereocenters. The first-order valence-corrected chi connectivity index (χ1v) is 4.33. The number of ketones is 1. The normalized spacial score (nSPS) is 10.0. The highest BCUT2D eigenvalue weighted by Gasteiger charge is 2.08. The molecule has 0 amide bonds. The van der Waals surface area contributed by atoms with Gasteiger partial charge in [0.1, 0.15) is 0 Å². The molecule has 0 N–H and O–H groups in total. The molecule has 1 aromatic rings. The molecule has 0 aliphatic rings. The molecule has 0 radical (unpaired) electrons. The molecule has 0 spiro atoms. The average molecular weight is 179 g/mol. The first-order valence-electron chi connectivity index (χ1n) is 4.33. The maximum absolute atomic E-state index is 11.4. The van der Waals surface area contributed by atoms with Crippen LogP contribution in [0.4, 0.5) is 0 Å². The molecule has 1 aromatic heterocycles. The number of aldehydes is 1. The third kappa shape index (κ3) is 2.05. The topological polar surface area (TPSA) is 39.1 Å². The number of carbonyl (C=O) groups is 2. The zero-order valence-electron chi connectivity index (χ0n) is 7.91. The van der Waals surface area contributed by atoms with Crippen LogP contribution in [-0.2, 0) is 7.05 Å². The molecule has 1 rings (SSSR count). The molecule has 1 heterocycles. The predicted molar refractivity (Wildman–Crippen MR) is 50.0 cm³/mol. The zero-order chi connectivity index (χ0) is 9.84. The third-order valence-electron chi connectivity index (χ3n) is 1.96. The van der Waals surface area contributed by atoms with Crippen LogP contribution in [0.2, 0.25) is 0 Å². The van der Waals surface area contributed by atoms with Gasteiger partial charge >= 0.3 is 0 Å². The fourth-order valence-electron chi connectivity index (χ4n) is 1.22. The minimum absolute atomic E-state index is 0.103. The molecule has 0 saturated heterocycles. The van der Waals surface area contributed by atoms with E-state index in [0.29, 0.717) is 17.7 Å². The SMILES string of the molecule is CCCC(=O)c1cc(C=O)n(C)c1. The van der Waals surface area contributed by atoms with Gasteiger partial charge in [-0.15, -0.1) is 0 Å². The van der Waals surface area contributed by atoms with E-state index >= 15 is 0 Å². The van der Waals surface area contributed by atoms with Gasteiger partial charge in [-0.3, -0.25) is 9.59 Å². The van der Waals surface area contributed by atoms with E-state index in [4.69, 9.17) is 0 Å². The monoisotopic (exact) mass is 179 g/mol. The van der Waals surface area contributed by atoms with Gasteiger partial charge in [0, 0.05) is 25.2 Å². The summed E-state index contributed by atoms with van der Waals surface area (Å²) in [6.45, 7) is 1.96. The van der Waals surface area contributed by atoms with Gasteiger partial charge in [0.2, 0.25) is 0 Å². The number of hydrogen-bond acceptors (Lipinski definition) is 2. The molecule has 0 atom stereocenters. The molecule has 0 saturated carbocycles. The van der Waals surface area contributed by atoms with Crippen molar-refractivity contribution in [2.24, 2.45) is 7.05 Å². The highest BCUT2D eigenvalue weighted by molar-refractivity contribution is 5.97. The van der Waals surface area contributed by atoms with Gasteiger partial charge in [0.15, 0.2) is 12.1 Å². The number of aryl methyl sites for hydroxylation is 1. The lowest BCUT2D eigenvalue weighted by molar-refractivity contribution is 0.0981. The smallest absolute Gasteiger partial charge is 0.166 e. The minimum atomic E-state index is 0.103. The molecule has 70 valence electrons. The number of Topliss-reactive ketones (excluding diaryl/α,β-unsaturated/α-hetero) is 1. The first-order chi connectivity index (χ1) is 6.19. The Bertz CT molecular complexity index is 326. The van der Waals surface area contributed by atoms with Crippen LogP contribution in [0.15, 0.2) is 12.3 Å². The fraction of sp³-hybridized carbons (Fsp3) is 0.400. The Balaban J connectivity index is 2.90. The third-order valence-corrected chi connectivity index (χ3v) is 1.96. The van der Waals surface area contributed by atoms with Crippen LogP contribution < -0.4 is 0 Å². The minimum Gasteiger partial charge on any atom is -0.348 e. The van der Waals surface area contributed by atoms with Crippen molar-refractivity contribution in [1.82, 2.24) is 4.57 Å². The van der Waals surface area contributed by atoms with E-state index in [2.05, 4.69) is 0 Å². The van der Waals surface area contributed by atoms with Crippen LogP contribution >= 0.6 is 0 Å². The van der Waals surface area contributed by atoms with E-state index in [1.54, 1.807) is 23.9 Å². The van der Waals surface area contributed by atoms with Crippen LogP contribution in [0.1, 0.15) is 40.6 Å². The molecule has 13 heavy (non-hydrogen) atoms. The first kappa shape index (κ1) is 9.71. The summed E-state index contributed by atoms with van der Waals surface area (Å²) in [5.41, 5.74) is 1.17. The van der Waals surface area contributed by atoms with E-state index in [-0.39, 0.29) is 5.78 Å². The van der Waals surface area contributed by atoms with Crippen LogP contribution in [0.3, 0.4) is 0 Å². The second kappa shape index (κ2) is 4.03. The second-order valence-corrected chi connectivity index (χ2v) is 3.06. The highest BCUT2D eigenvalue weighted by Crippen LogP contribution is 2.08. The summed E-state index contributed by atoms with van der Waals surface area (Å²) in [5, 5.41) is 0. The van der Waals surface area contributed by atoms with Gasteiger partial charge < -0.3 is 4.57 Å². The Hall–Kier alpha value is -1.38. The van der Waals surface area contributed by atoms with E-state index in [1.807, 2.05) is 6.92 Å². The Kier molecular flexibility index (Phi) is 3.01. The maximum Gasteiger partial charge on any atom is 0.166 e. The van der Waals surface area contributed by atoms with Crippen molar-refractivity contribution < 1.29 is 9.59 Å². The number of nitrogens with zero attached hydrogens (tertiary/aromatic N) is 1. The van der Waals surface area contributed by atoms with Crippen molar-refractivity contribution >= 4 is 12.1 Å². The van der Waals surface area contributed by atoms with Gasteiger partial charge in [-0.2, -0.15) is 0 Å². The highest BCUT2D eigenvalue weighted by atomic mass is 16.1. The van der Waals surface area contributed by atoms with E-state index in [1.165, 1.54) is 0 Å². The summed E-state index contributed by atoms with van der Waals surface area (Å²) in [6, 6.07) is 1.63. The van der Waals surface area contributed by atoms with Gasteiger partial charge in [0.05, 0.1) is 5.69 Å². The Morgan fingerprint density at radius 2 is 2.31 bits per heavy atom. The quantitative estimate of drug-likeness (QED) is 0.522. The maximum atomic E-state index is 11.4. The van der Waals surface area contributed by atoms with Crippen molar-refractivity contribution in [3.8, 4) is 0 Å². The summed E-state index contributed by atoms with van der Waals surface area (Å²) in [5.74, 6) is 0.103. The number of carbonyl (C=O) groups excluding carboxylic acids is 2. The summed E-state index contributed by atoms with van der Waals surface area (Å²) < 4.78 is 1.66. The largest absolute Gasteiger partial charge is 0.348 e. The van der Waals surface area contributed by atoms with Gasteiger partial charge in [-0.1, -0.05) is 6.92 Å². The molecule has 0 bridgehead atoms. The molecular weight excluding hydrogens is 166 g/mol. The van der Waals surface area contributed by atoms with Crippen LogP contribution in [0.5, 0.6) is 0 Å². The summed E-state index contributed by atoms with van der Waals surface area (Å²) in [6.07, 6.45) is 3.83. The molecule has 3 nitrogen and oxygen atoms in total. The lowest BCUT2D eigenvalue weighted by Gasteiger charge is -1.92. The lowest BCUT2D eigenvalue weighted by Crippen LogP contribution is -1.95. The van der Waals surface area contributed by atoms with Gasteiger partial charge in [-0.25, -0.2) is 0 Å². The Labute approximate surface area is 77.4 Å². The fourth-order valence-corrected chi connectivity index (χ4v) is 1.22. The number of hydrogen-bond donors (Lipinski definition) is 0. The van der Waals surface area contributed by atoms with E-state index in [0.717, 1.165) is 12.7 Å². The van der Waals surface area contributed by atoms with Crippen molar-refractivity contribution in [2.45, 2.75) is 19.8 Å². The lowest BCUT2D eigenvalue weighted by atomic mass is 10.1. The van der Waals surface area contributed by atoms with Crippen LogP contribution in [0.25, 0.3) is 0 Å². The molecule has 0 aromatic carbocycles. The van der Waals surface area contributed by atoms with E-state index in [9.17, 15) is 9.59 Å². The zero-order valence-corrected chi connectivity index (χ0v) is 7.91. The molecule has 3 heteroatoms.